The Morgan fingerprint density at radius 2 is 1.80 bits per heavy atom. The monoisotopic (exact) mass is 350 g/mol. The standard InChI is InChI=1S/C17H13F3N2O3/c1-11-7-8-13(9-15(11)22(24)25)21-16(23)10-14(17(18,19)20)12-5-3-2-4-6-12/h2-10H,1H3,(H,21,23)/b14-10-. The number of nitrogens with one attached hydrogen (secondary N) is 1. The predicted molar refractivity (Wildman–Crippen MR) is 86.9 cm³/mol. The Morgan fingerprint density at radius 3 is 2.36 bits per heavy atom. The summed E-state index contributed by atoms with van der Waals surface area (Å²) >= 11 is 0. The van der Waals surface area contributed by atoms with Crippen LogP contribution >= 0.6 is 0 Å². The number of allylic oxidation sites excluding steroid dienone is 1. The van der Waals surface area contributed by atoms with Crippen LogP contribution < -0.4 is 5.32 Å². The molecule has 2 aromatic rings. The molecule has 0 aromatic heterocycles. The van der Waals surface area contributed by atoms with Crippen LogP contribution in [0, 0.1) is 17.0 Å². The number of halogens is 3. The lowest BCUT2D eigenvalue weighted by Gasteiger charge is -2.12. The molecule has 0 atom stereocenters. The fourth-order valence-corrected chi connectivity index (χ4v) is 2.14. The first-order chi connectivity index (χ1) is 11.7. The van der Waals surface area contributed by atoms with Crippen molar-refractivity contribution >= 4 is 22.9 Å². The molecule has 0 aliphatic heterocycles. The van der Waals surface area contributed by atoms with Gasteiger partial charge in [0.15, 0.2) is 0 Å². The van der Waals surface area contributed by atoms with E-state index in [-0.39, 0.29) is 16.9 Å². The van der Waals surface area contributed by atoms with Gasteiger partial charge in [-0.15, -0.1) is 0 Å². The molecular formula is C17H13F3N2O3. The van der Waals surface area contributed by atoms with Crippen LogP contribution in [-0.4, -0.2) is 17.0 Å². The highest BCUT2D eigenvalue weighted by Gasteiger charge is 2.35. The number of rotatable bonds is 4. The van der Waals surface area contributed by atoms with Gasteiger partial charge in [0, 0.05) is 23.4 Å². The third kappa shape index (κ3) is 4.66. The van der Waals surface area contributed by atoms with Gasteiger partial charge in [-0.25, -0.2) is 0 Å². The van der Waals surface area contributed by atoms with Crippen molar-refractivity contribution in [3.63, 3.8) is 0 Å². The highest BCUT2D eigenvalue weighted by atomic mass is 19.4. The number of aryl methyl sites for hydroxylation is 1. The van der Waals surface area contributed by atoms with Crippen LogP contribution in [0.5, 0.6) is 0 Å². The first kappa shape index (κ1) is 18.2. The van der Waals surface area contributed by atoms with E-state index in [9.17, 15) is 28.1 Å². The average molecular weight is 350 g/mol. The molecule has 0 saturated heterocycles. The minimum atomic E-state index is -4.72. The van der Waals surface area contributed by atoms with E-state index in [4.69, 9.17) is 0 Å². The molecule has 0 aliphatic rings. The Balaban J connectivity index is 2.31. The molecule has 0 unspecified atom stereocenters. The molecule has 130 valence electrons. The Kier molecular flexibility index (Phi) is 5.21. The van der Waals surface area contributed by atoms with Crippen molar-refractivity contribution in [2.24, 2.45) is 0 Å². The number of benzene rings is 2. The lowest BCUT2D eigenvalue weighted by molar-refractivity contribution is -0.385. The van der Waals surface area contributed by atoms with Crippen molar-refractivity contribution in [1.82, 2.24) is 0 Å². The number of carbonyl (C=O) groups excluding carboxylic acids is 1. The molecule has 0 radical (unpaired) electrons. The normalized spacial score (nSPS) is 11.9. The van der Waals surface area contributed by atoms with Gasteiger partial charge >= 0.3 is 6.18 Å². The molecule has 2 rings (SSSR count). The van der Waals surface area contributed by atoms with Gasteiger partial charge in [0.1, 0.15) is 0 Å². The van der Waals surface area contributed by atoms with Crippen molar-refractivity contribution in [2.45, 2.75) is 13.1 Å². The van der Waals surface area contributed by atoms with Gasteiger partial charge in [0.2, 0.25) is 5.91 Å². The molecule has 0 saturated carbocycles. The van der Waals surface area contributed by atoms with Crippen LogP contribution in [0.4, 0.5) is 24.5 Å². The summed E-state index contributed by atoms with van der Waals surface area (Å²) in [6.07, 6.45) is -4.29. The van der Waals surface area contributed by atoms with Gasteiger partial charge in [-0.05, 0) is 18.6 Å². The van der Waals surface area contributed by atoms with Crippen LogP contribution in [0.2, 0.25) is 0 Å². The zero-order valence-electron chi connectivity index (χ0n) is 13.0. The van der Waals surface area contributed by atoms with Crippen LogP contribution in [0.15, 0.2) is 54.6 Å². The summed E-state index contributed by atoms with van der Waals surface area (Å²) in [5, 5.41) is 13.1. The second-order valence-electron chi connectivity index (χ2n) is 5.17. The summed E-state index contributed by atoms with van der Waals surface area (Å²) in [5.41, 5.74) is -1.08. The fourth-order valence-electron chi connectivity index (χ4n) is 2.14. The van der Waals surface area contributed by atoms with E-state index >= 15 is 0 Å². The second kappa shape index (κ2) is 7.16. The van der Waals surface area contributed by atoms with Gasteiger partial charge in [-0.2, -0.15) is 13.2 Å². The van der Waals surface area contributed by atoms with Gasteiger partial charge in [0.05, 0.1) is 10.5 Å². The first-order valence-corrected chi connectivity index (χ1v) is 7.09. The predicted octanol–water partition coefficient (Wildman–Crippen LogP) is 4.49. The molecular weight excluding hydrogens is 337 g/mol. The van der Waals surface area contributed by atoms with Crippen LogP contribution in [0.25, 0.3) is 5.57 Å². The maximum atomic E-state index is 13.2. The minimum Gasteiger partial charge on any atom is -0.322 e. The van der Waals surface area contributed by atoms with E-state index in [0.29, 0.717) is 11.6 Å². The summed E-state index contributed by atoms with van der Waals surface area (Å²) in [6, 6.07) is 10.8. The van der Waals surface area contributed by atoms with E-state index in [1.807, 2.05) is 0 Å². The molecule has 1 N–H and O–H groups in total. The van der Waals surface area contributed by atoms with Crippen molar-refractivity contribution in [2.75, 3.05) is 5.32 Å². The largest absolute Gasteiger partial charge is 0.417 e. The Labute approximate surface area is 140 Å². The molecule has 0 spiro atoms. The topological polar surface area (TPSA) is 72.2 Å². The Hall–Kier alpha value is -3.16. The second-order valence-corrected chi connectivity index (χ2v) is 5.17. The van der Waals surface area contributed by atoms with Crippen molar-refractivity contribution in [1.29, 1.82) is 0 Å². The highest BCUT2D eigenvalue weighted by molar-refractivity contribution is 6.04. The molecule has 5 nitrogen and oxygen atoms in total. The van der Waals surface area contributed by atoms with Gasteiger partial charge < -0.3 is 5.32 Å². The van der Waals surface area contributed by atoms with E-state index in [1.54, 1.807) is 6.07 Å². The lowest BCUT2D eigenvalue weighted by Crippen LogP contribution is -2.16. The zero-order chi connectivity index (χ0) is 18.6. The van der Waals surface area contributed by atoms with E-state index in [1.165, 1.54) is 43.3 Å². The van der Waals surface area contributed by atoms with Crippen molar-refractivity contribution < 1.29 is 22.9 Å². The zero-order valence-corrected chi connectivity index (χ0v) is 13.0. The number of carbonyl (C=O) groups is 1. The number of alkyl halides is 3. The number of hydrogen-bond donors (Lipinski definition) is 1. The third-order valence-corrected chi connectivity index (χ3v) is 3.34. The molecule has 0 fully saturated rings. The highest BCUT2D eigenvalue weighted by Crippen LogP contribution is 2.33. The minimum absolute atomic E-state index is 0.0353. The summed E-state index contributed by atoms with van der Waals surface area (Å²) in [4.78, 5) is 22.2. The van der Waals surface area contributed by atoms with Gasteiger partial charge in [0.25, 0.3) is 5.69 Å². The SMILES string of the molecule is Cc1ccc(NC(=O)/C=C(/c2ccccc2)C(F)(F)F)cc1[N+](=O)[O-]. The quantitative estimate of drug-likeness (QED) is 0.502. The number of nitrogens with zero attached hydrogens (tertiary/aromatic N) is 1. The van der Waals surface area contributed by atoms with Crippen LogP contribution in [-0.2, 0) is 4.79 Å². The average Bonchev–Trinajstić information content (AvgIpc) is 2.54. The molecule has 0 bridgehead atoms. The van der Waals surface area contributed by atoms with Crippen molar-refractivity contribution in [3.8, 4) is 0 Å². The van der Waals surface area contributed by atoms with Crippen LogP contribution in [0.3, 0.4) is 0 Å². The molecule has 0 aliphatic carbocycles. The first-order valence-electron chi connectivity index (χ1n) is 7.09. The molecule has 2 aromatic carbocycles. The Morgan fingerprint density at radius 1 is 1.16 bits per heavy atom. The number of nitro benzene ring substituents is 1. The smallest absolute Gasteiger partial charge is 0.322 e. The molecule has 0 heterocycles. The van der Waals surface area contributed by atoms with Gasteiger partial charge in [-0.3, -0.25) is 14.9 Å². The molecule has 8 heteroatoms. The lowest BCUT2D eigenvalue weighted by atomic mass is 10.1. The Bertz CT molecular complexity index is 831. The summed E-state index contributed by atoms with van der Waals surface area (Å²) in [7, 11) is 0. The van der Waals surface area contributed by atoms with Gasteiger partial charge in [-0.1, -0.05) is 36.4 Å². The maximum absolute atomic E-state index is 13.2. The number of amides is 1. The summed E-state index contributed by atoms with van der Waals surface area (Å²) in [5.74, 6) is -1.03. The number of nitro groups is 1. The number of hydrogen-bond acceptors (Lipinski definition) is 3. The summed E-state index contributed by atoms with van der Waals surface area (Å²) < 4.78 is 39.6. The fraction of sp³-hybridized carbons (Fsp3) is 0.118. The molecule has 25 heavy (non-hydrogen) atoms. The van der Waals surface area contributed by atoms with Crippen molar-refractivity contribution in [3.05, 3.63) is 75.8 Å². The summed E-state index contributed by atoms with van der Waals surface area (Å²) in [6.45, 7) is 1.51. The number of anilines is 1. The van der Waals surface area contributed by atoms with Crippen LogP contribution in [0.1, 0.15) is 11.1 Å². The van der Waals surface area contributed by atoms with E-state index in [2.05, 4.69) is 5.32 Å². The van der Waals surface area contributed by atoms with E-state index in [0.717, 1.165) is 6.07 Å². The van der Waals surface area contributed by atoms with E-state index < -0.39 is 22.6 Å². The maximum Gasteiger partial charge on any atom is 0.417 e. The third-order valence-electron chi connectivity index (χ3n) is 3.34. The molecule has 1 amide bonds.